The average Bonchev–Trinajstić information content (AvgIpc) is 3.12. The molecule has 3 aromatic rings. The van der Waals surface area contributed by atoms with E-state index >= 15 is 0 Å². The van der Waals surface area contributed by atoms with Gasteiger partial charge in [-0.15, -0.1) is 0 Å². The molecule has 7 nitrogen and oxygen atoms in total. The molecule has 3 N–H and O–H groups in total. The summed E-state index contributed by atoms with van der Waals surface area (Å²) in [7, 11) is 0. The van der Waals surface area contributed by atoms with E-state index in [4.69, 9.17) is 5.73 Å². The van der Waals surface area contributed by atoms with Crippen molar-refractivity contribution in [2.45, 2.75) is 13.3 Å². The second kappa shape index (κ2) is 7.11. The molecule has 3 heterocycles. The van der Waals surface area contributed by atoms with E-state index in [9.17, 15) is 9.59 Å². The van der Waals surface area contributed by atoms with Crippen molar-refractivity contribution in [3.05, 3.63) is 66.0 Å². The number of rotatable bonds is 3. The smallest absolute Gasteiger partial charge is 0.262 e. The van der Waals surface area contributed by atoms with Gasteiger partial charge in [0.25, 0.3) is 5.91 Å². The first-order valence-corrected chi connectivity index (χ1v) is 8.92. The minimum atomic E-state index is -0.205. The summed E-state index contributed by atoms with van der Waals surface area (Å²) in [5.41, 5.74) is 9.94. The Balaban J connectivity index is 1.69. The summed E-state index contributed by atoms with van der Waals surface area (Å²) in [6, 6.07) is 13.1. The molecule has 4 rings (SSSR count). The van der Waals surface area contributed by atoms with Crippen molar-refractivity contribution >= 4 is 29.1 Å². The lowest BCUT2D eigenvalue weighted by atomic mass is 10.1. The van der Waals surface area contributed by atoms with E-state index < -0.39 is 0 Å². The van der Waals surface area contributed by atoms with Crippen LogP contribution in [-0.2, 0) is 11.2 Å². The van der Waals surface area contributed by atoms with Crippen LogP contribution in [-0.4, -0.2) is 28.3 Å². The average molecular weight is 373 g/mol. The normalized spacial score (nSPS) is 12.5. The van der Waals surface area contributed by atoms with Gasteiger partial charge >= 0.3 is 0 Å². The Morgan fingerprint density at radius 3 is 2.75 bits per heavy atom. The van der Waals surface area contributed by atoms with Crippen molar-refractivity contribution in [3.8, 4) is 11.1 Å². The van der Waals surface area contributed by atoms with Crippen molar-refractivity contribution in [3.63, 3.8) is 0 Å². The first-order valence-electron chi connectivity index (χ1n) is 8.92. The van der Waals surface area contributed by atoms with Gasteiger partial charge < -0.3 is 16.0 Å². The van der Waals surface area contributed by atoms with Gasteiger partial charge in [0.15, 0.2) is 0 Å². The van der Waals surface area contributed by atoms with E-state index in [-0.39, 0.29) is 17.6 Å². The number of nitrogens with zero attached hydrogens (tertiary/aromatic N) is 3. The lowest BCUT2D eigenvalue weighted by molar-refractivity contribution is -0.114. The molecule has 0 aliphatic carbocycles. The quantitative estimate of drug-likeness (QED) is 0.735. The highest BCUT2D eigenvalue weighted by atomic mass is 16.2. The highest BCUT2D eigenvalue weighted by Crippen LogP contribution is 2.31. The van der Waals surface area contributed by atoms with Crippen LogP contribution in [0, 0.1) is 0 Å². The molecule has 28 heavy (non-hydrogen) atoms. The number of aromatic nitrogens is 2. The standard InChI is InChI=1S/C21H19N5O2/c1-13(27)25-19-11-15(6-8-23-19)16-10-17(20(22)24-12-16)21(28)26-9-7-14-4-2-3-5-18(14)26/h2-6,8,10-12H,7,9H2,1H3,(H2,22,24)(H,23,25,27). The highest BCUT2D eigenvalue weighted by molar-refractivity contribution is 6.10. The Kier molecular flexibility index (Phi) is 4.49. The SMILES string of the molecule is CC(=O)Nc1cc(-c2cnc(N)c(C(=O)N3CCc4ccccc43)c2)ccn1. The summed E-state index contributed by atoms with van der Waals surface area (Å²) in [5.74, 6) is 0.244. The number of fused-ring (bicyclic) bond motifs is 1. The van der Waals surface area contributed by atoms with E-state index in [1.165, 1.54) is 6.92 Å². The predicted molar refractivity (Wildman–Crippen MR) is 108 cm³/mol. The lowest BCUT2D eigenvalue weighted by Crippen LogP contribution is -2.29. The Morgan fingerprint density at radius 2 is 1.93 bits per heavy atom. The van der Waals surface area contributed by atoms with Gasteiger partial charge in [0.1, 0.15) is 11.6 Å². The highest BCUT2D eigenvalue weighted by Gasteiger charge is 2.27. The Labute approximate surface area is 162 Å². The van der Waals surface area contributed by atoms with Crippen LogP contribution in [0.2, 0.25) is 0 Å². The molecule has 0 atom stereocenters. The number of hydrogen-bond acceptors (Lipinski definition) is 5. The number of nitrogen functional groups attached to an aromatic ring is 1. The van der Waals surface area contributed by atoms with Crippen LogP contribution >= 0.6 is 0 Å². The lowest BCUT2D eigenvalue weighted by Gasteiger charge is -2.18. The topological polar surface area (TPSA) is 101 Å². The summed E-state index contributed by atoms with van der Waals surface area (Å²) in [5, 5.41) is 2.65. The van der Waals surface area contributed by atoms with Gasteiger partial charge in [0, 0.05) is 37.1 Å². The zero-order chi connectivity index (χ0) is 19.7. The largest absolute Gasteiger partial charge is 0.383 e. The fourth-order valence-electron chi connectivity index (χ4n) is 3.36. The number of carbonyl (C=O) groups is 2. The van der Waals surface area contributed by atoms with E-state index in [2.05, 4.69) is 15.3 Å². The molecule has 7 heteroatoms. The summed E-state index contributed by atoms with van der Waals surface area (Å²) in [4.78, 5) is 34.5. The van der Waals surface area contributed by atoms with Gasteiger partial charge in [-0.2, -0.15) is 0 Å². The third kappa shape index (κ3) is 3.29. The van der Waals surface area contributed by atoms with Crippen LogP contribution in [0.5, 0.6) is 0 Å². The number of para-hydroxylation sites is 1. The molecule has 0 saturated heterocycles. The first kappa shape index (κ1) is 17.7. The van der Waals surface area contributed by atoms with E-state index in [0.717, 1.165) is 28.8 Å². The number of amides is 2. The van der Waals surface area contributed by atoms with Crippen LogP contribution < -0.4 is 16.0 Å². The van der Waals surface area contributed by atoms with Gasteiger partial charge in [-0.05, 0) is 41.8 Å². The minimum absolute atomic E-state index is 0.173. The van der Waals surface area contributed by atoms with Crippen molar-refractivity contribution in [2.75, 3.05) is 22.5 Å². The van der Waals surface area contributed by atoms with Crippen molar-refractivity contribution in [1.82, 2.24) is 9.97 Å². The fraction of sp³-hybridized carbons (Fsp3) is 0.143. The fourth-order valence-corrected chi connectivity index (χ4v) is 3.36. The zero-order valence-corrected chi connectivity index (χ0v) is 15.3. The second-order valence-corrected chi connectivity index (χ2v) is 6.60. The molecule has 0 fully saturated rings. The number of hydrogen-bond donors (Lipinski definition) is 2. The molecule has 0 unspecified atom stereocenters. The maximum atomic E-state index is 13.2. The second-order valence-electron chi connectivity index (χ2n) is 6.60. The summed E-state index contributed by atoms with van der Waals surface area (Å²) >= 11 is 0. The number of anilines is 3. The van der Waals surface area contributed by atoms with Crippen LogP contribution in [0.1, 0.15) is 22.8 Å². The van der Waals surface area contributed by atoms with Gasteiger partial charge in [-0.3, -0.25) is 9.59 Å². The van der Waals surface area contributed by atoms with Gasteiger partial charge in [0.2, 0.25) is 5.91 Å². The third-order valence-electron chi connectivity index (χ3n) is 4.68. The summed E-state index contributed by atoms with van der Waals surface area (Å²) in [6.07, 6.45) is 4.02. The molecule has 1 aliphatic heterocycles. The summed E-state index contributed by atoms with van der Waals surface area (Å²) < 4.78 is 0. The molecule has 0 spiro atoms. The Bertz CT molecular complexity index is 1080. The number of carbonyl (C=O) groups excluding carboxylic acids is 2. The van der Waals surface area contributed by atoms with Crippen LogP contribution in [0.15, 0.2) is 54.9 Å². The van der Waals surface area contributed by atoms with E-state index in [0.29, 0.717) is 17.9 Å². The van der Waals surface area contributed by atoms with Gasteiger partial charge in [-0.1, -0.05) is 18.2 Å². The molecule has 0 radical (unpaired) electrons. The van der Waals surface area contributed by atoms with Crippen LogP contribution in [0.4, 0.5) is 17.3 Å². The van der Waals surface area contributed by atoms with Crippen LogP contribution in [0.25, 0.3) is 11.1 Å². The van der Waals surface area contributed by atoms with Crippen molar-refractivity contribution in [1.29, 1.82) is 0 Å². The first-order chi connectivity index (χ1) is 13.5. The molecule has 0 saturated carbocycles. The minimum Gasteiger partial charge on any atom is -0.383 e. The molecular weight excluding hydrogens is 354 g/mol. The van der Waals surface area contributed by atoms with Crippen LogP contribution in [0.3, 0.4) is 0 Å². The van der Waals surface area contributed by atoms with Gasteiger partial charge in [0.05, 0.1) is 5.56 Å². The molecule has 0 bridgehead atoms. The predicted octanol–water partition coefficient (Wildman–Crippen LogP) is 2.89. The summed E-state index contributed by atoms with van der Waals surface area (Å²) in [6.45, 7) is 2.04. The molecule has 140 valence electrons. The Hall–Kier alpha value is -3.74. The maximum absolute atomic E-state index is 13.2. The molecule has 1 aromatic carbocycles. The third-order valence-corrected chi connectivity index (χ3v) is 4.68. The molecular formula is C21H19N5O2. The Morgan fingerprint density at radius 1 is 1.11 bits per heavy atom. The number of nitrogens with two attached hydrogens (primary N) is 1. The number of pyridine rings is 2. The van der Waals surface area contributed by atoms with Crippen molar-refractivity contribution < 1.29 is 9.59 Å². The van der Waals surface area contributed by atoms with E-state index in [1.54, 1.807) is 35.5 Å². The number of nitrogens with one attached hydrogen (secondary N) is 1. The maximum Gasteiger partial charge on any atom is 0.262 e. The monoisotopic (exact) mass is 373 g/mol. The molecule has 1 aliphatic rings. The molecule has 2 amide bonds. The van der Waals surface area contributed by atoms with Gasteiger partial charge in [-0.25, -0.2) is 9.97 Å². The molecule has 2 aromatic heterocycles. The zero-order valence-electron chi connectivity index (χ0n) is 15.3. The van der Waals surface area contributed by atoms with Crippen molar-refractivity contribution in [2.24, 2.45) is 0 Å². The number of benzene rings is 1. The van der Waals surface area contributed by atoms with E-state index in [1.807, 2.05) is 24.3 Å².